The lowest BCUT2D eigenvalue weighted by atomic mass is 10.2. The third-order valence-corrected chi connectivity index (χ3v) is 7.64. The van der Waals surface area contributed by atoms with E-state index in [1.807, 2.05) is 42.5 Å². The van der Waals surface area contributed by atoms with E-state index >= 15 is 0 Å². The Bertz CT molecular complexity index is 1280. The molecule has 0 aliphatic carbocycles. The smallest absolute Gasteiger partial charge is 0.262 e. The number of thioether (sulfide) groups is 1. The van der Waals surface area contributed by atoms with Crippen molar-refractivity contribution in [2.45, 2.75) is 30.6 Å². The Kier molecular flexibility index (Phi) is 8.28. The van der Waals surface area contributed by atoms with Crippen molar-refractivity contribution in [3.05, 3.63) is 58.4 Å². The quantitative estimate of drug-likeness (QED) is 0.337. The first-order chi connectivity index (χ1) is 18.1. The Morgan fingerprint density at radius 3 is 2.70 bits per heavy atom. The number of carbonyl (C=O) groups is 1. The minimum atomic E-state index is -0.127. The number of nitrogens with one attached hydrogen (secondary N) is 1. The largest absolute Gasteiger partial charge is 0.497 e. The Labute approximate surface area is 220 Å². The molecule has 0 saturated carbocycles. The average Bonchev–Trinajstić information content (AvgIpc) is 3.47. The van der Waals surface area contributed by atoms with Crippen LogP contribution < -0.4 is 20.5 Å². The van der Waals surface area contributed by atoms with Crippen molar-refractivity contribution >= 4 is 34.3 Å². The molecule has 2 saturated heterocycles. The number of rotatable bonds is 9. The Balaban J connectivity index is 1.41. The molecule has 3 heterocycles. The molecule has 9 nitrogen and oxygen atoms in total. The molecule has 10 heteroatoms. The summed E-state index contributed by atoms with van der Waals surface area (Å²) in [4.78, 5) is 33.4. The second kappa shape index (κ2) is 12.0. The van der Waals surface area contributed by atoms with Crippen LogP contribution in [0, 0.1) is 0 Å². The lowest BCUT2D eigenvalue weighted by molar-refractivity contribution is -0.119. The molecule has 5 rings (SSSR count). The highest BCUT2D eigenvalue weighted by Crippen LogP contribution is 2.24. The van der Waals surface area contributed by atoms with Gasteiger partial charge in [0.2, 0.25) is 5.91 Å². The number of anilines is 1. The van der Waals surface area contributed by atoms with E-state index in [4.69, 9.17) is 19.2 Å². The first kappa shape index (κ1) is 25.6. The summed E-state index contributed by atoms with van der Waals surface area (Å²) in [6.45, 7) is 4.51. The zero-order chi connectivity index (χ0) is 25.6. The van der Waals surface area contributed by atoms with Gasteiger partial charge < -0.3 is 24.4 Å². The van der Waals surface area contributed by atoms with Gasteiger partial charge in [-0.2, -0.15) is 0 Å². The Morgan fingerprint density at radius 1 is 1.16 bits per heavy atom. The Morgan fingerprint density at radius 2 is 1.97 bits per heavy atom. The molecule has 1 N–H and O–H groups in total. The van der Waals surface area contributed by atoms with Gasteiger partial charge in [0.05, 0.1) is 49.6 Å². The minimum Gasteiger partial charge on any atom is -0.497 e. The van der Waals surface area contributed by atoms with Gasteiger partial charge >= 0.3 is 0 Å². The van der Waals surface area contributed by atoms with Crippen molar-refractivity contribution in [1.29, 1.82) is 0 Å². The maximum Gasteiger partial charge on any atom is 0.262 e. The van der Waals surface area contributed by atoms with Crippen LogP contribution in [0.5, 0.6) is 5.75 Å². The van der Waals surface area contributed by atoms with Crippen molar-refractivity contribution in [3.8, 4) is 5.75 Å². The number of nitrogens with zero attached hydrogens (tertiary/aromatic N) is 3. The van der Waals surface area contributed by atoms with Gasteiger partial charge in [0.25, 0.3) is 5.56 Å². The fourth-order valence-corrected chi connectivity index (χ4v) is 5.41. The highest BCUT2D eigenvalue weighted by Gasteiger charge is 2.19. The van der Waals surface area contributed by atoms with Crippen LogP contribution in [0.15, 0.2) is 52.4 Å². The van der Waals surface area contributed by atoms with E-state index < -0.39 is 0 Å². The molecule has 2 fully saturated rings. The molecule has 1 amide bonds. The third-order valence-electron chi connectivity index (χ3n) is 6.66. The predicted octanol–water partition coefficient (Wildman–Crippen LogP) is 2.68. The van der Waals surface area contributed by atoms with Gasteiger partial charge in [-0.05, 0) is 48.7 Å². The van der Waals surface area contributed by atoms with Gasteiger partial charge in [0.15, 0.2) is 5.16 Å². The molecule has 0 bridgehead atoms. The van der Waals surface area contributed by atoms with Crippen LogP contribution in [-0.4, -0.2) is 73.9 Å². The molecule has 3 aromatic rings. The van der Waals surface area contributed by atoms with Crippen LogP contribution in [0.2, 0.25) is 0 Å². The number of carbonyl (C=O) groups excluding carboxylic acids is 1. The predicted molar refractivity (Wildman–Crippen MR) is 144 cm³/mol. The molecule has 0 unspecified atom stereocenters. The highest BCUT2D eigenvalue weighted by atomic mass is 32.2. The normalized spacial score (nSPS) is 17.8. The number of fused-ring (bicyclic) bond motifs is 1. The lowest BCUT2D eigenvalue weighted by Crippen LogP contribution is -2.36. The number of morpholine rings is 1. The van der Waals surface area contributed by atoms with Gasteiger partial charge in [-0.15, -0.1) is 0 Å². The summed E-state index contributed by atoms with van der Waals surface area (Å²) in [5.74, 6) is 0.813. The number of aromatic nitrogens is 2. The highest BCUT2D eigenvalue weighted by molar-refractivity contribution is 7.99. The topological polar surface area (TPSA) is 94.9 Å². The van der Waals surface area contributed by atoms with E-state index in [0.717, 1.165) is 49.5 Å². The zero-order valence-corrected chi connectivity index (χ0v) is 21.8. The van der Waals surface area contributed by atoms with Crippen LogP contribution in [-0.2, 0) is 20.8 Å². The number of hydrogen-bond donors (Lipinski definition) is 1. The van der Waals surface area contributed by atoms with E-state index in [0.29, 0.717) is 42.4 Å². The standard InChI is InChI=1S/C27H32N4O5S/c1-34-21-7-4-19(5-8-21)17-31-26(33)23-15-20(30-10-13-35-14-11-30)6-9-24(23)29-27(31)37-18-25(32)28-16-22-3-2-12-36-22/h4-9,15,22H,2-3,10-14,16-18H2,1H3,(H,28,32)/t22-/m0/s1. The van der Waals surface area contributed by atoms with Crippen LogP contribution in [0.25, 0.3) is 10.9 Å². The number of ether oxygens (including phenoxy) is 3. The molecule has 2 aliphatic rings. The average molecular weight is 525 g/mol. The second-order valence-electron chi connectivity index (χ2n) is 9.16. The first-order valence-corrected chi connectivity index (χ1v) is 13.6. The molecule has 1 aromatic heterocycles. The van der Waals surface area contributed by atoms with Crippen molar-refractivity contribution in [2.75, 3.05) is 57.2 Å². The van der Waals surface area contributed by atoms with Gasteiger partial charge in [0, 0.05) is 31.9 Å². The maximum absolute atomic E-state index is 13.8. The van der Waals surface area contributed by atoms with E-state index in [9.17, 15) is 9.59 Å². The van der Waals surface area contributed by atoms with Crippen molar-refractivity contribution in [2.24, 2.45) is 0 Å². The number of hydrogen-bond acceptors (Lipinski definition) is 8. The molecule has 2 aliphatic heterocycles. The summed E-state index contributed by atoms with van der Waals surface area (Å²) in [6.07, 6.45) is 2.08. The fourth-order valence-electron chi connectivity index (χ4n) is 4.58. The molecule has 0 radical (unpaired) electrons. The first-order valence-electron chi connectivity index (χ1n) is 12.6. The number of methoxy groups -OCH3 is 1. The lowest BCUT2D eigenvalue weighted by Gasteiger charge is -2.29. The third kappa shape index (κ3) is 6.26. The fraction of sp³-hybridized carbons (Fsp3) is 0.444. The summed E-state index contributed by atoms with van der Waals surface area (Å²) in [7, 11) is 1.62. The van der Waals surface area contributed by atoms with E-state index in [2.05, 4.69) is 10.2 Å². The molecule has 0 spiro atoms. The van der Waals surface area contributed by atoms with Gasteiger partial charge in [-0.3, -0.25) is 14.2 Å². The second-order valence-corrected chi connectivity index (χ2v) is 10.1. The molecule has 196 valence electrons. The van der Waals surface area contributed by atoms with E-state index in [1.165, 1.54) is 11.8 Å². The Hall–Kier alpha value is -3.08. The summed E-state index contributed by atoms with van der Waals surface area (Å²) >= 11 is 1.27. The van der Waals surface area contributed by atoms with Crippen LogP contribution >= 0.6 is 11.8 Å². The van der Waals surface area contributed by atoms with Gasteiger partial charge in [-0.25, -0.2) is 4.98 Å². The SMILES string of the molecule is COc1ccc(Cn2c(SCC(=O)NC[C@@H]3CCCO3)nc3ccc(N4CCOCC4)cc3c2=O)cc1. The molecule has 2 aromatic carbocycles. The molecule has 1 atom stereocenters. The van der Waals surface area contributed by atoms with E-state index in [1.54, 1.807) is 11.7 Å². The van der Waals surface area contributed by atoms with Crippen LogP contribution in [0.3, 0.4) is 0 Å². The summed E-state index contributed by atoms with van der Waals surface area (Å²) < 4.78 is 18.0. The summed E-state index contributed by atoms with van der Waals surface area (Å²) in [5.41, 5.74) is 2.42. The number of amides is 1. The van der Waals surface area contributed by atoms with Crippen LogP contribution in [0.4, 0.5) is 5.69 Å². The maximum atomic E-state index is 13.8. The zero-order valence-electron chi connectivity index (χ0n) is 21.0. The van der Waals surface area contributed by atoms with Crippen molar-refractivity contribution < 1.29 is 19.0 Å². The summed E-state index contributed by atoms with van der Waals surface area (Å²) in [6, 6.07) is 13.4. The minimum absolute atomic E-state index is 0.0849. The van der Waals surface area contributed by atoms with Gasteiger partial charge in [0.1, 0.15) is 5.75 Å². The summed E-state index contributed by atoms with van der Waals surface area (Å²) in [5, 5.41) is 4.02. The molecule has 37 heavy (non-hydrogen) atoms. The van der Waals surface area contributed by atoms with Crippen LogP contribution in [0.1, 0.15) is 18.4 Å². The van der Waals surface area contributed by atoms with Crippen molar-refractivity contribution in [3.63, 3.8) is 0 Å². The molecular formula is C27H32N4O5S. The monoisotopic (exact) mass is 524 g/mol. The van der Waals surface area contributed by atoms with Crippen molar-refractivity contribution in [1.82, 2.24) is 14.9 Å². The molecular weight excluding hydrogens is 492 g/mol. The van der Waals surface area contributed by atoms with E-state index in [-0.39, 0.29) is 23.3 Å². The van der Waals surface area contributed by atoms with Gasteiger partial charge in [-0.1, -0.05) is 23.9 Å². The number of benzene rings is 2.